The first-order valence-electron chi connectivity index (χ1n) is 9.65. The molecule has 1 N–H and O–H groups in total. The van der Waals surface area contributed by atoms with Crippen molar-refractivity contribution in [2.45, 2.75) is 31.8 Å². The molecule has 0 saturated carbocycles. The number of nitrogens with zero attached hydrogens (tertiary/aromatic N) is 1. The van der Waals surface area contributed by atoms with Gasteiger partial charge in [-0.05, 0) is 36.1 Å². The minimum atomic E-state index is 0.121. The number of fused-ring (bicyclic) bond motifs is 1. The molecule has 2 aliphatic rings. The fraction of sp³-hybridized carbons (Fsp3) is 0.409. The highest BCUT2D eigenvalue weighted by atomic mass is 16.7. The summed E-state index contributed by atoms with van der Waals surface area (Å²) in [6.07, 6.45) is 1.65. The van der Waals surface area contributed by atoms with E-state index in [1.807, 2.05) is 35.2 Å². The number of ether oxygens (including phenoxy) is 3. The summed E-state index contributed by atoms with van der Waals surface area (Å²) in [4.78, 5) is 14.3. The lowest BCUT2D eigenvalue weighted by Gasteiger charge is -2.40. The maximum absolute atomic E-state index is 12.3. The normalized spacial score (nSPS) is 20.9. The lowest BCUT2D eigenvalue weighted by molar-refractivity contribution is -0.132. The number of methoxy groups -OCH3 is 1. The van der Waals surface area contributed by atoms with Gasteiger partial charge in [-0.25, -0.2) is 0 Å². The fourth-order valence-corrected chi connectivity index (χ4v) is 4.04. The Balaban J connectivity index is 1.45. The molecule has 2 aromatic rings. The van der Waals surface area contributed by atoms with E-state index >= 15 is 0 Å². The van der Waals surface area contributed by atoms with Crippen LogP contribution < -0.4 is 19.5 Å². The maximum Gasteiger partial charge on any atom is 0.231 e. The molecule has 0 aromatic heterocycles. The second kappa shape index (κ2) is 8.10. The Hall–Kier alpha value is -2.73. The molecule has 1 fully saturated rings. The van der Waals surface area contributed by atoms with Crippen LogP contribution >= 0.6 is 0 Å². The van der Waals surface area contributed by atoms with Crippen molar-refractivity contribution in [3.8, 4) is 17.2 Å². The van der Waals surface area contributed by atoms with Crippen molar-refractivity contribution in [3.63, 3.8) is 0 Å². The molecule has 148 valence electrons. The third-order valence-corrected chi connectivity index (χ3v) is 5.42. The van der Waals surface area contributed by atoms with Gasteiger partial charge in [0.2, 0.25) is 18.4 Å². The van der Waals surface area contributed by atoms with E-state index in [0.29, 0.717) is 18.0 Å². The van der Waals surface area contributed by atoms with E-state index in [-0.39, 0.29) is 24.8 Å². The molecule has 4 rings (SSSR count). The highest BCUT2D eigenvalue weighted by Gasteiger charge is 2.30. The number of hydrogen-bond donors (Lipinski definition) is 1. The standard InChI is InChI=1S/C22H26N2O4/c1-15(25)24-13-18(23-12-19(24)9-16-6-4-3-5-7-16)8-17-10-20(26-2)22-21(11-17)27-14-28-22/h3-7,10-11,18-19,23H,8-9,12-14H2,1-2H3/t18?,19-/m0/s1. The molecule has 2 atom stereocenters. The minimum absolute atomic E-state index is 0.121. The Morgan fingerprint density at radius 2 is 2.00 bits per heavy atom. The maximum atomic E-state index is 12.3. The van der Waals surface area contributed by atoms with Crippen molar-refractivity contribution in [1.82, 2.24) is 10.2 Å². The van der Waals surface area contributed by atoms with Crippen molar-refractivity contribution >= 4 is 5.91 Å². The summed E-state index contributed by atoms with van der Waals surface area (Å²) in [5.74, 6) is 2.19. The predicted molar refractivity (Wildman–Crippen MR) is 106 cm³/mol. The SMILES string of the molecule is COc1cc(CC2CN(C(C)=O)[C@@H](Cc3ccccc3)CN2)cc2c1OCO2. The predicted octanol–water partition coefficient (Wildman–Crippen LogP) is 2.40. The molecule has 0 aliphatic carbocycles. The lowest BCUT2D eigenvalue weighted by atomic mass is 9.97. The summed E-state index contributed by atoms with van der Waals surface area (Å²) in [6, 6.07) is 14.7. The van der Waals surface area contributed by atoms with E-state index in [2.05, 4.69) is 17.4 Å². The Kier molecular flexibility index (Phi) is 5.39. The molecule has 6 nitrogen and oxygen atoms in total. The molecule has 2 aliphatic heterocycles. The van der Waals surface area contributed by atoms with Gasteiger partial charge in [-0.15, -0.1) is 0 Å². The van der Waals surface area contributed by atoms with E-state index in [0.717, 1.165) is 30.7 Å². The van der Waals surface area contributed by atoms with Gasteiger partial charge >= 0.3 is 0 Å². The first-order chi connectivity index (χ1) is 13.6. The van der Waals surface area contributed by atoms with Gasteiger partial charge in [0.15, 0.2) is 11.5 Å². The first kappa shape index (κ1) is 18.6. The zero-order valence-electron chi connectivity index (χ0n) is 16.3. The van der Waals surface area contributed by atoms with Crippen molar-refractivity contribution < 1.29 is 19.0 Å². The highest BCUT2D eigenvalue weighted by Crippen LogP contribution is 2.42. The van der Waals surface area contributed by atoms with E-state index in [1.54, 1.807) is 14.0 Å². The summed E-state index contributed by atoms with van der Waals surface area (Å²) >= 11 is 0. The number of rotatable bonds is 5. The van der Waals surface area contributed by atoms with Gasteiger partial charge in [0.25, 0.3) is 0 Å². The van der Waals surface area contributed by atoms with Gasteiger partial charge in [0.05, 0.1) is 7.11 Å². The molecule has 6 heteroatoms. The second-order valence-electron chi connectivity index (χ2n) is 7.36. The summed E-state index contributed by atoms with van der Waals surface area (Å²) in [7, 11) is 1.63. The molecule has 0 radical (unpaired) electrons. The zero-order valence-corrected chi connectivity index (χ0v) is 16.3. The molecule has 1 amide bonds. The Labute approximate surface area is 165 Å². The molecule has 28 heavy (non-hydrogen) atoms. The molecule has 2 aromatic carbocycles. The van der Waals surface area contributed by atoms with E-state index in [4.69, 9.17) is 14.2 Å². The molecule has 1 unspecified atom stereocenters. The smallest absolute Gasteiger partial charge is 0.231 e. The topological polar surface area (TPSA) is 60.0 Å². The van der Waals surface area contributed by atoms with Crippen LogP contribution in [0.1, 0.15) is 18.1 Å². The van der Waals surface area contributed by atoms with Gasteiger partial charge < -0.3 is 24.4 Å². The molecule has 0 spiro atoms. The Morgan fingerprint density at radius 1 is 1.18 bits per heavy atom. The van der Waals surface area contributed by atoms with Crippen molar-refractivity contribution in [1.29, 1.82) is 0 Å². The summed E-state index contributed by atoms with van der Waals surface area (Å²) < 4.78 is 16.4. The van der Waals surface area contributed by atoms with Crippen LogP contribution in [0.4, 0.5) is 0 Å². The number of hydrogen-bond acceptors (Lipinski definition) is 5. The summed E-state index contributed by atoms with van der Waals surface area (Å²) in [5, 5.41) is 3.62. The van der Waals surface area contributed by atoms with Gasteiger partial charge in [-0.3, -0.25) is 4.79 Å². The highest BCUT2D eigenvalue weighted by molar-refractivity contribution is 5.74. The number of carbonyl (C=O) groups excluding carboxylic acids is 1. The molecule has 1 saturated heterocycles. The fourth-order valence-electron chi connectivity index (χ4n) is 4.04. The van der Waals surface area contributed by atoms with Crippen molar-refractivity contribution in [3.05, 3.63) is 53.6 Å². The van der Waals surface area contributed by atoms with Crippen LogP contribution in [0.5, 0.6) is 17.2 Å². The zero-order chi connectivity index (χ0) is 19.5. The third kappa shape index (κ3) is 3.92. The molecular formula is C22H26N2O4. The van der Waals surface area contributed by atoms with Crippen LogP contribution in [0, 0.1) is 0 Å². The average Bonchev–Trinajstić information content (AvgIpc) is 3.18. The number of amides is 1. The van der Waals surface area contributed by atoms with Gasteiger partial charge in [0, 0.05) is 32.1 Å². The van der Waals surface area contributed by atoms with E-state index in [1.165, 1.54) is 5.56 Å². The van der Waals surface area contributed by atoms with Crippen molar-refractivity contribution in [2.75, 3.05) is 27.0 Å². The number of piperazine rings is 1. The molecule has 0 bridgehead atoms. The summed E-state index contributed by atoms with van der Waals surface area (Å²) in [6.45, 7) is 3.34. The molecule has 2 heterocycles. The van der Waals surface area contributed by atoms with Gasteiger partial charge in [-0.1, -0.05) is 30.3 Å². The van der Waals surface area contributed by atoms with Crippen molar-refractivity contribution in [2.24, 2.45) is 0 Å². The van der Waals surface area contributed by atoms with Crippen LogP contribution in [-0.4, -0.2) is 49.9 Å². The largest absolute Gasteiger partial charge is 0.493 e. The number of carbonyl (C=O) groups is 1. The minimum Gasteiger partial charge on any atom is -0.493 e. The third-order valence-electron chi connectivity index (χ3n) is 5.42. The van der Waals surface area contributed by atoms with Gasteiger partial charge in [0.1, 0.15) is 0 Å². The van der Waals surface area contributed by atoms with Crippen LogP contribution in [0.25, 0.3) is 0 Å². The first-order valence-corrected chi connectivity index (χ1v) is 9.65. The van der Waals surface area contributed by atoms with Crippen LogP contribution in [0.15, 0.2) is 42.5 Å². The van der Waals surface area contributed by atoms with E-state index < -0.39 is 0 Å². The van der Waals surface area contributed by atoms with E-state index in [9.17, 15) is 4.79 Å². The van der Waals surface area contributed by atoms with Crippen LogP contribution in [0.3, 0.4) is 0 Å². The number of benzene rings is 2. The van der Waals surface area contributed by atoms with Crippen LogP contribution in [0.2, 0.25) is 0 Å². The van der Waals surface area contributed by atoms with Gasteiger partial charge in [-0.2, -0.15) is 0 Å². The second-order valence-corrected chi connectivity index (χ2v) is 7.36. The summed E-state index contributed by atoms with van der Waals surface area (Å²) in [5.41, 5.74) is 2.35. The average molecular weight is 382 g/mol. The van der Waals surface area contributed by atoms with Crippen LogP contribution in [-0.2, 0) is 17.6 Å². The Bertz CT molecular complexity index is 840. The number of nitrogens with one attached hydrogen (secondary N) is 1. The quantitative estimate of drug-likeness (QED) is 0.861. The lowest BCUT2D eigenvalue weighted by Crippen LogP contribution is -2.59. The Morgan fingerprint density at radius 3 is 2.75 bits per heavy atom. The molecular weight excluding hydrogens is 356 g/mol. The monoisotopic (exact) mass is 382 g/mol.